The fraction of sp³-hybridized carbons (Fsp3) is 0.125. The number of nitrogens with zero attached hydrogens (tertiary/aromatic N) is 6. The predicted octanol–water partition coefficient (Wildman–Crippen LogP) is 2.59. The molecule has 0 saturated heterocycles. The number of non-ortho nitro benzene ring substituents is 1. The van der Waals surface area contributed by atoms with Gasteiger partial charge in [0, 0.05) is 36.4 Å². The summed E-state index contributed by atoms with van der Waals surface area (Å²) in [5.41, 5.74) is 2.10. The number of hydrogen-bond donors (Lipinski definition) is 0. The minimum absolute atomic E-state index is 0.0260. The van der Waals surface area contributed by atoms with Gasteiger partial charge < -0.3 is 0 Å². The quantitative estimate of drug-likeness (QED) is 0.415. The van der Waals surface area contributed by atoms with E-state index in [2.05, 4.69) is 20.3 Å². The van der Waals surface area contributed by atoms with Crippen LogP contribution in [0.15, 0.2) is 47.7 Å². The maximum Gasteiger partial charge on any atom is 0.269 e. The van der Waals surface area contributed by atoms with Gasteiger partial charge in [-0.3, -0.25) is 10.1 Å². The number of aryl methyl sites for hydroxylation is 1. The fourth-order valence-electron chi connectivity index (χ4n) is 2.67. The second-order valence-electron chi connectivity index (χ2n) is 5.47. The van der Waals surface area contributed by atoms with Crippen molar-refractivity contribution in [2.24, 2.45) is 5.10 Å². The summed E-state index contributed by atoms with van der Waals surface area (Å²) in [5.74, 6) is 0.499. The lowest BCUT2D eigenvalue weighted by Gasteiger charge is -2.14. The van der Waals surface area contributed by atoms with Crippen molar-refractivity contribution in [3.8, 4) is 11.4 Å². The van der Waals surface area contributed by atoms with Crippen molar-refractivity contribution < 1.29 is 9.31 Å². The van der Waals surface area contributed by atoms with Crippen molar-refractivity contribution in [3.05, 3.63) is 70.0 Å². The van der Waals surface area contributed by atoms with Crippen LogP contribution in [0.4, 0.5) is 10.1 Å². The van der Waals surface area contributed by atoms with Gasteiger partial charge in [0.1, 0.15) is 0 Å². The summed E-state index contributed by atoms with van der Waals surface area (Å²) in [5, 5.41) is 23.5. The van der Waals surface area contributed by atoms with E-state index in [1.54, 1.807) is 22.9 Å². The first kappa shape index (κ1) is 15.1. The van der Waals surface area contributed by atoms with Crippen LogP contribution in [0.25, 0.3) is 11.4 Å². The highest BCUT2D eigenvalue weighted by Crippen LogP contribution is 2.23. The zero-order valence-corrected chi connectivity index (χ0v) is 12.8. The average Bonchev–Trinajstić information content (AvgIpc) is 3.05. The molecule has 0 atom stereocenters. The highest BCUT2D eigenvalue weighted by atomic mass is 19.1. The Balaban J connectivity index is 1.74. The summed E-state index contributed by atoms with van der Waals surface area (Å²) < 4.78 is 15.0. The molecule has 3 aromatic rings. The van der Waals surface area contributed by atoms with Gasteiger partial charge in [-0.2, -0.15) is 14.2 Å². The Morgan fingerprint density at radius 3 is 2.60 bits per heavy atom. The van der Waals surface area contributed by atoms with Crippen LogP contribution in [-0.4, -0.2) is 30.5 Å². The van der Waals surface area contributed by atoms with Gasteiger partial charge in [-0.05, 0) is 30.2 Å². The molecule has 3 heterocycles. The van der Waals surface area contributed by atoms with E-state index in [9.17, 15) is 14.5 Å². The molecular weight excluding hydrogens is 327 g/mol. The van der Waals surface area contributed by atoms with Crippen LogP contribution >= 0.6 is 0 Å². The first-order valence-electron chi connectivity index (χ1n) is 7.51. The minimum atomic E-state index is -0.606. The summed E-state index contributed by atoms with van der Waals surface area (Å²) in [6, 6.07) is 9.12. The Kier molecular flexibility index (Phi) is 3.53. The lowest BCUT2D eigenvalue weighted by atomic mass is 10.0. The van der Waals surface area contributed by atoms with Crippen molar-refractivity contribution in [1.82, 2.24) is 19.9 Å². The molecule has 1 aliphatic heterocycles. The summed E-state index contributed by atoms with van der Waals surface area (Å²) in [4.78, 5) is 13.9. The van der Waals surface area contributed by atoms with E-state index >= 15 is 0 Å². The first-order chi connectivity index (χ1) is 12.1. The Bertz CT molecular complexity index is 996. The molecule has 2 aromatic heterocycles. The maximum atomic E-state index is 13.4. The van der Waals surface area contributed by atoms with Gasteiger partial charge in [-0.25, -0.2) is 4.98 Å². The second-order valence-corrected chi connectivity index (χ2v) is 5.47. The molecule has 4 rings (SSSR count). The van der Waals surface area contributed by atoms with Gasteiger partial charge in [0.2, 0.25) is 5.95 Å². The standard InChI is InChI=1S/C16H11FN6O2/c17-14-9-11(7-8-18-14)16-20-19-15-6-5-13(21-22(15)16)10-1-3-12(4-2-10)23(24)25/h1-4,7-9H,5-6H2. The Labute approximate surface area is 140 Å². The smallest absolute Gasteiger partial charge is 0.258 e. The van der Waals surface area contributed by atoms with E-state index in [1.807, 2.05) is 0 Å². The molecule has 1 aromatic carbocycles. The number of hydrogen-bond acceptors (Lipinski definition) is 6. The van der Waals surface area contributed by atoms with Crippen molar-refractivity contribution in [2.45, 2.75) is 12.8 Å². The van der Waals surface area contributed by atoms with E-state index in [0.717, 1.165) is 11.3 Å². The number of fused-ring (bicyclic) bond motifs is 1. The number of pyridine rings is 1. The van der Waals surface area contributed by atoms with Crippen LogP contribution in [0.5, 0.6) is 0 Å². The SMILES string of the molecule is O=[N+]([O-])c1ccc(C2=Nn3c(nnc3-c3ccnc(F)c3)CC2)cc1. The molecule has 0 N–H and O–H groups in total. The highest BCUT2D eigenvalue weighted by molar-refractivity contribution is 6.01. The van der Waals surface area contributed by atoms with Crippen molar-refractivity contribution in [2.75, 3.05) is 0 Å². The lowest BCUT2D eigenvalue weighted by Crippen LogP contribution is -2.15. The Morgan fingerprint density at radius 2 is 1.88 bits per heavy atom. The van der Waals surface area contributed by atoms with E-state index < -0.39 is 10.9 Å². The highest BCUT2D eigenvalue weighted by Gasteiger charge is 2.20. The van der Waals surface area contributed by atoms with E-state index in [0.29, 0.717) is 30.1 Å². The molecule has 0 fully saturated rings. The third-order valence-electron chi connectivity index (χ3n) is 3.91. The van der Waals surface area contributed by atoms with Crippen LogP contribution in [0.1, 0.15) is 17.8 Å². The van der Waals surface area contributed by atoms with Crippen molar-refractivity contribution in [3.63, 3.8) is 0 Å². The summed E-state index contributed by atoms with van der Waals surface area (Å²) in [6.45, 7) is 0. The first-order valence-corrected chi connectivity index (χ1v) is 7.51. The zero-order chi connectivity index (χ0) is 17.4. The molecule has 8 nitrogen and oxygen atoms in total. The largest absolute Gasteiger partial charge is 0.269 e. The van der Waals surface area contributed by atoms with Gasteiger partial charge >= 0.3 is 0 Å². The van der Waals surface area contributed by atoms with Crippen molar-refractivity contribution >= 4 is 11.4 Å². The van der Waals surface area contributed by atoms with Crippen LogP contribution in [-0.2, 0) is 6.42 Å². The normalized spacial score (nSPS) is 13.2. The van der Waals surface area contributed by atoms with Crippen molar-refractivity contribution in [1.29, 1.82) is 0 Å². The van der Waals surface area contributed by atoms with E-state index in [4.69, 9.17) is 0 Å². The van der Waals surface area contributed by atoms with Crippen LogP contribution < -0.4 is 0 Å². The molecule has 0 spiro atoms. The van der Waals surface area contributed by atoms with Gasteiger partial charge in [0.15, 0.2) is 11.6 Å². The van der Waals surface area contributed by atoms with Gasteiger partial charge in [-0.1, -0.05) is 0 Å². The number of benzene rings is 1. The molecule has 124 valence electrons. The van der Waals surface area contributed by atoms with Gasteiger partial charge in [0.05, 0.1) is 10.6 Å². The predicted molar refractivity (Wildman–Crippen MR) is 86.6 cm³/mol. The average molecular weight is 338 g/mol. The molecule has 1 aliphatic rings. The molecule has 0 radical (unpaired) electrons. The minimum Gasteiger partial charge on any atom is -0.258 e. The number of rotatable bonds is 3. The van der Waals surface area contributed by atoms with Crippen LogP contribution in [0.3, 0.4) is 0 Å². The molecular formula is C16H11FN6O2. The molecule has 25 heavy (non-hydrogen) atoms. The molecule has 9 heteroatoms. The molecule has 0 aliphatic carbocycles. The summed E-state index contributed by atoms with van der Waals surface area (Å²) in [7, 11) is 0. The number of halogens is 1. The summed E-state index contributed by atoms with van der Waals surface area (Å²) in [6.07, 6.45) is 2.62. The molecule has 0 saturated carbocycles. The monoisotopic (exact) mass is 338 g/mol. The van der Waals surface area contributed by atoms with Gasteiger partial charge in [-0.15, -0.1) is 10.2 Å². The fourth-order valence-corrected chi connectivity index (χ4v) is 2.67. The Hall–Kier alpha value is -3.49. The second kappa shape index (κ2) is 5.86. The third-order valence-corrected chi connectivity index (χ3v) is 3.91. The van der Waals surface area contributed by atoms with Gasteiger partial charge in [0.25, 0.3) is 5.69 Å². The lowest BCUT2D eigenvalue weighted by molar-refractivity contribution is -0.384. The van der Waals surface area contributed by atoms with E-state index in [1.165, 1.54) is 24.4 Å². The topological polar surface area (TPSA) is 99.1 Å². The molecule has 0 amide bonds. The van der Waals surface area contributed by atoms with Crippen LogP contribution in [0, 0.1) is 16.1 Å². The number of nitro benzene ring substituents is 1. The zero-order valence-electron chi connectivity index (χ0n) is 12.8. The molecule has 0 unspecified atom stereocenters. The third kappa shape index (κ3) is 2.75. The number of nitro groups is 1. The summed E-state index contributed by atoms with van der Waals surface area (Å²) >= 11 is 0. The maximum absolute atomic E-state index is 13.4. The Morgan fingerprint density at radius 1 is 1.08 bits per heavy atom. The van der Waals surface area contributed by atoms with E-state index in [-0.39, 0.29) is 5.69 Å². The molecule has 0 bridgehead atoms. The number of aromatic nitrogens is 4. The van der Waals surface area contributed by atoms with Crippen LogP contribution in [0.2, 0.25) is 0 Å².